The second kappa shape index (κ2) is 6.36. The van der Waals surface area contributed by atoms with Crippen molar-refractivity contribution in [2.45, 2.75) is 39.0 Å². The molecule has 0 atom stereocenters. The first-order valence-electron chi connectivity index (χ1n) is 5.47. The normalized spacial score (nSPS) is 10.1. The van der Waals surface area contributed by atoms with Crippen molar-refractivity contribution in [3.8, 4) is 0 Å². The Bertz CT molecular complexity index is 264. The highest BCUT2D eigenvalue weighted by Gasteiger charge is 1.99. The molecule has 0 aliphatic carbocycles. The maximum atomic E-state index is 7.87. The van der Waals surface area contributed by atoms with Crippen molar-refractivity contribution < 1.29 is 0 Å². The predicted molar refractivity (Wildman–Crippen MR) is 62.0 cm³/mol. The highest BCUT2D eigenvalue weighted by atomic mass is 14.4. The number of hydrogen-bond acceptors (Lipinski definition) is 1. The van der Waals surface area contributed by atoms with Crippen molar-refractivity contribution >= 4 is 5.71 Å². The van der Waals surface area contributed by atoms with Crippen molar-refractivity contribution in [2.24, 2.45) is 0 Å². The van der Waals surface area contributed by atoms with E-state index in [-0.39, 0.29) is 0 Å². The monoisotopic (exact) mass is 189 g/mol. The minimum absolute atomic E-state index is 0.779. The standard InChI is InChI=1S/C13H19N/c1-2-3-4-8-11-13(14)12-9-6-5-7-10-12/h5-7,9-10,14H,2-4,8,11H2,1H3. The molecular weight excluding hydrogens is 170 g/mol. The molecule has 0 saturated carbocycles. The molecule has 14 heavy (non-hydrogen) atoms. The summed E-state index contributed by atoms with van der Waals surface area (Å²) in [6.45, 7) is 2.21. The molecule has 0 spiro atoms. The van der Waals surface area contributed by atoms with E-state index in [1.54, 1.807) is 0 Å². The molecule has 1 aromatic carbocycles. The van der Waals surface area contributed by atoms with Crippen LogP contribution in [-0.2, 0) is 0 Å². The highest BCUT2D eigenvalue weighted by Crippen LogP contribution is 2.08. The minimum Gasteiger partial charge on any atom is -0.305 e. The number of rotatable bonds is 6. The Balaban J connectivity index is 2.29. The Hall–Kier alpha value is -1.11. The fourth-order valence-corrected chi connectivity index (χ4v) is 1.51. The van der Waals surface area contributed by atoms with E-state index in [0.717, 1.165) is 24.1 Å². The number of nitrogens with one attached hydrogen (secondary N) is 1. The largest absolute Gasteiger partial charge is 0.305 e. The van der Waals surface area contributed by atoms with Crippen LogP contribution in [0.2, 0.25) is 0 Å². The van der Waals surface area contributed by atoms with Gasteiger partial charge in [-0.3, -0.25) is 0 Å². The maximum absolute atomic E-state index is 7.87. The maximum Gasteiger partial charge on any atom is 0.0386 e. The van der Waals surface area contributed by atoms with Crippen molar-refractivity contribution in [1.82, 2.24) is 0 Å². The third kappa shape index (κ3) is 3.73. The van der Waals surface area contributed by atoms with Gasteiger partial charge in [0.25, 0.3) is 0 Å². The Morgan fingerprint density at radius 3 is 2.43 bits per heavy atom. The second-order valence-corrected chi connectivity index (χ2v) is 3.66. The summed E-state index contributed by atoms with van der Waals surface area (Å²) in [5, 5.41) is 7.87. The van der Waals surface area contributed by atoms with E-state index in [1.165, 1.54) is 19.3 Å². The number of unbranched alkanes of at least 4 members (excludes halogenated alkanes) is 3. The summed E-state index contributed by atoms with van der Waals surface area (Å²) in [5.41, 5.74) is 1.85. The Morgan fingerprint density at radius 2 is 1.79 bits per heavy atom. The molecular formula is C13H19N. The molecule has 0 saturated heterocycles. The highest BCUT2D eigenvalue weighted by molar-refractivity contribution is 5.98. The van der Waals surface area contributed by atoms with E-state index < -0.39 is 0 Å². The van der Waals surface area contributed by atoms with Gasteiger partial charge in [0.1, 0.15) is 0 Å². The first-order valence-corrected chi connectivity index (χ1v) is 5.47. The smallest absolute Gasteiger partial charge is 0.0386 e. The SMILES string of the molecule is CCCCCCC(=N)c1ccccc1. The third-order valence-corrected chi connectivity index (χ3v) is 2.40. The summed E-state index contributed by atoms with van der Waals surface area (Å²) in [5.74, 6) is 0. The topological polar surface area (TPSA) is 23.9 Å². The summed E-state index contributed by atoms with van der Waals surface area (Å²) in [7, 11) is 0. The van der Waals surface area contributed by atoms with Crippen LogP contribution < -0.4 is 0 Å². The van der Waals surface area contributed by atoms with Crippen LogP contribution in [0.1, 0.15) is 44.6 Å². The van der Waals surface area contributed by atoms with Crippen molar-refractivity contribution in [3.63, 3.8) is 0 Å². The molecule has 0 aliphatic heterocycles. The number of benzene rings is 1. The molecule has 0 aliphatic rings. The summed E-state index contributed by atoms with van der Waals surface area (Å²) >= 11 is 0. The van der Waals surface area contributed by atoms with E-state index in [2.05, 4.69) is 6.92 Å². The molecule has 1 nitrogen and oxygen atoms in total. The van der Waals surface area contributed by atoms with Crippen LogP contribution in [0.15, 0.2) is 30.3 Å². The fraction of sp³-hybridized carbons (Fsp3) is 0.462. The molecule has 1 aromatic rings. The molecule has 1 N–H and O–H groups in total. The second-order valence-electron chi connectivity index (χ2n) is 3.66. The molecule has 0 radical (unpaired) electrons. The Labute approximate surface area is 86.7 Å². The fourth-order valence-electron chi connectivity index (χ4n) is 1.51. The zero-order valence-electron chi connectivity index (χ0n) is 8.92. The minimum atomic E-state index is 0.779. The zero-order chi connectivity index (χ0) is 10.2. The van der Waals surface area contributed by atoms with Crippen molar-refractivity contribution in [2.75, 3.05) is 0 Å². The molecule has 0 amide bonds. The first kappa shape index (κ1) is 11.0. The molecule has 0 unspecified atom stereocenters. The van der Waals surface area contributed by atoms with E-state index in [4.69, 9.17) is 5.41 Å². The Morgan fingerprint density at radius 1 is 1.07 bits per heavy atom. The van der Waals surface area contributed by atoms with Gasteiger partial charge in [-0.1, -0.05) is 56.5 Å². The Kier molecular flexibility index (Phi) is 4.98. The van der Waals surface area contributed by atoms with Gasteiger partial charge in [0.2, 0.25) is 0 Å². The van der Waals surface area contributed by atoms with Crippen LogP contribution in [0, 0.1) is 5.41 Å². The van der Waals surface area contributed by atoms with Crippen LogP contribution in [0.5, 0.6) is 0 Å². The molecule has 0 bridgehead atoms. The summed E-state index contributed by atoms with van der Waals surface area (Å²) in [6, 6.07) is 10.0. The average Bonchev–Trinajstić information content (AvgIpc) is 2.25. The van der Waals surface area contributed by atoms with Gasteiger partial charge >= 0.3 is 0 Å². The number of hydrogen-bond donors (Lipinski definition) is 1. The lowest BCUT2D eigenvalue weighted by molar-refractivity contribution is 0.682. The van der Waals surface area contributed by atoms with Crippen LogP contribution in [0.3, 0.4) is 0 Å². The molecule has 0 heterocycles. The van der Waals surface area contributed by atoms with Gasteiger partial charge in [0.05, 0.1) is 0 Å². The van der Waals surface area contributed by atoms with Gasteiger partial charge in [0.15, 0.2) is 0 Å². The van der Waals surface area contributed by atoms with Gasteiger partial charge in [-0.25, -0.2) is 0 Å². The quantitative estimate of drug-likeness (QED) is 0.516. The van der Waals surface area contributed by atoms with Gasteiger partial charge in [-0.2, -0.15) is 0 Å². The van der Waals surface area contributed by atoms with E-state index in [9.17, 15) is 0 Å². The molecule has 1 heteroatoms. The van der Waals surface area contributed by atoms with E-state index in [1.807, 2.05) is 30.3 Å². The average molecular weight is 189 g/mol. The third-order valence-electron chi connectivity index (χ3n) is 2.40. The summed E-state index contributed by atoms with van der Waals surface area (Å²) in [6.07, 6.45) is 5.89. The van der Waals surface area contributed by atoms with Crippen LogP contribution in [-0.4, -0.2) is 5.71 Å². The lowest BCUT2D eigenvalue weighted by Crippen LogP contribution is -1.98. The van der Waals surface area contributed by atoms with Gasteiger partial charge in [-0.15, -0.1) is 0 Å². The first-order chi connectivity index (χ1) is 6.84. The summed E-state index contributed by atoms with van der Waals surface area (Å²) < 4.78 is 0. The molecule has 76 valence electrons. The van der Waals surface area contributed by atoms with Crippen LogP contribution in [0.4, 0.5) is 0 Å². The van der Waals surface area contributed by atoms with E-state index in [0.29, 0.717) is 0 Å². The molecule has 0 fully saturated rings. The molecule has 0 aromatic heterocycles. The van der Waals surface area contributed by atoms with Crippen molar-refractivity contribution in [1.29, 1.82) is 5.41 Å². The van der Waals surface area contributed by atoms with E-state index >= 15 is 0 Å². The summed E-state index contributed by atoms with van der Waals surface area (Å²) in [4.78, 5) is 0. The van der Waals surface area contributed by atoms with Gasteiger partial charge in [-0.05, 0) is 18.4 Å². The lowest BCUT2D eigenvalue weighted by Gasteiger charge is -2.03. The van der Waals surface area contributed by atoms with Crippen LogP contribution in [0.25, 0.3) is 0 Å². The van der Waals surface area contributed by atoms with Gasteiger partial charge < -0.3 is 5.41 Å². The molecule has 1 rings (SSSR count). The van der Waals surface area contributed by atoms with Crippen molar-refractivity contribution in [3.05, 3.63) is 35.9 Å². The lowest BCUT2D eigenvalue weighted by atomic mass is 10.0. The van der Waals surface area contributed by atoms with Crippen LogP contribution >= 0.6 is 0 Å². The predicted octanol–water partition coefficient (Wildman–Crippen LogP) is 4.02. The zero-order valence-corrected chi connectivity index (χ0v) is 8.92. The van der Waals surface area contributed by atoms with Gasteiger partial charge in [0, 0.05) is 5.71 Å².